The highest BCUT2D eigenvalue weighted by molar-refractivity contribution is 9.10. The zero-order valence-corrected chi connectivity index (χ0v) is 11.1. The van der Waals surface area contributed by atoms with Gasteiger partial charge in [-0.15, -0.1) is 0 Å². The topological polar surface area (TPSA) is 42.9 Å². The number of nitrogens with zero attached hydrogens (tertiary/aromatic N) is 2. The van der Waals surface area contributed by atoms with E-state index in [1.54, 1.807) is 30.6 Å². The Labute approximate surface area is 112 Å². The first-order valence-corrected chi connectivity index (χ1v) is 6.07. The van der Waals surface area contributed by atoms with Crippen molar-refractivity contribution >= 4 is 33.3 Å². The van der Waals surface area contributed by atoms with Gasteiger partial charge < -0.3 is 0 Å². The van der Waals surface area contributed by atoms with Crippen molar-refractivity contribution in [3.05, 3.63) is 57.5 Å². The fraction of sp³-hybridized carbons (Fsp3) is 0.0833. The van der Waals surface area contributed by atoms with Gasteiger partial charge in [0.05, 0.1) is 5.02 Å². The summed E-state index contributed by atoms with van der Waals surface area (Å²) in [5, 5.41) is 0.493. The Morgan fingerprint density at radius 2 is 2.18 bits per heavy atom. The molecule has 0 aliphatic rings. The number of carbonyl (C=O) groups excluding carboxylic acids is 1. The average molecular weight is 312 g/mol. The summed E-state index contributed by atoms with van der Waals surface area (Å²) in [6.07, 6.45) is 4.95. The number of aromatic nitrogens is 2. The van der Waals surface area contributed by atoms with Crippen molar-refractivity contribution in [1.29, 1.82) is 0 Å². The fourth-order valence-corrected chi connectivity index (χ4v) is 2.06. The van der Waals surface area contributed by atoms with Gasteiger partial charge in [-0.2, -0.15) is 0 Å². The molecule has 2 heterocycles. The summed E-state index contributed by atoms with van der Waals surface area (Å²) in [6, 6.07) is 5.28. The lowest BCUT2D eigenvalue weighted by molar-refractivity contribution is 0.0987. The van der Waals surface area contributed by atoms with E-state index in [1.165, 1.54) is 6.20 Å². The first kappa shape index (κ1) is 12.2. The van der Waals surface area contributed by atoms with E-state index in [1.807, 2.05) is 0 Å². The standard InChI is InChI=1S/C12H8BrClN2O/c13-9-2-1-4-16-12(9)11(17)6-8-3-5-15-7-10(8)14/h1-5,7H,6H2. The van der Waals surface area contributed by atoms with E-state index in [9.17, 15) is 4.79 Å². The summed E-state index contributed by atoms with van der Waals surface area (Å²) >= 11 is 9.25. The Kier molecular flexibility index (Phi) is 3.86. The highest BCUT2D eigenvalue weighted by atomic mass is 79.9. The molecule has 17 heavy (non-hydrogen) atoms. The van der Waals surface area contributed by atoms with Crippen LogP contribution in [0.3, 0.4) is 0 Å². The second-order valence-corrected chi connectivity index (χ2v) is 4.66. The monoisotopic (exact) mass is 310 g/mol. The molecule has 0 amide bonds. The third-order valence-corrected chi connectivity index (χ3v) is 3.21. The molecule has 0 saturated heterocycles. The summed E-state index contributed by atoms with van der Waals surface area (Å²) in [5.41, 5.74) is 1.17. The lowest BCUT2D eigenvalue weighted by Crippen LogP contribution is -2.07. The molecule has 0 aliphatic heterocycles. The molecule has 3 nitrogen and oxygen atoms in total. The number of hydrogen-bond donors (Lipinski definition) is 0. The predicted octanol–water partition coefficient (Wildman–Crippen LogP) is 3.32. The van der Waals surface area contributed by atoms with Gasteiger partial charge >= 0.3 is 0 Å². The molecule has 2 rings (SSSR count). The quantitative estimate of drug-likeness (QED) is 0.817. The van der Waals surface area contributed by atoms with Crippen molar-refractivity contribution in [1.82, 2.24) is 9.97 Å². The van der Waals surface area contributed by atoms with Crippen LogP contribution in [0.5, 0.6) is 0 Å². The van der Waals surface area contributed by atoms with E-state index >= 15 is 0 Å². The highest BCUT2D eigenvalue weighted by Gasteiger charge is 2.13. The smallest absolute Gasteiger partial charge is 0.186 e. The molecule has 0 unspecified atom stereocenters. The van der Waals surface area contributed by atoms with E-state index in [0.29, 0.717) is 15.2 Å². The number of carbonyl (C=O) groups is 1. The molecule has 0 atom stereocenters. The molecular weight excluding hydrogens is 304 g/mol. The number of Topliss-reactive ketones (excluding diaryl/α,β-unsaturated/α-hetero) is 1. The van der Waals surface area contributed by atoms with Crippen molar-refractivity contribution in [2.24, 2.45) is 0 Å². The van der Waals surface area contributed by atoms with Crippen LogP contribution in [0.4, 0.5) is 0 Å². The van der Waals surface area contributed by atoms with Gasteiger partial charge in [-0.1, -0.05) is 11.6 Å². The third kappa shape index (κ3) is 2.90. The second-order valence-electron chi connectivity index (χ2n) is 3.40. The van der Waals surface area contributed by atoms with Crippen LogP contribution in [0.1, 0.15) is 16.1 Å². The van der Waals surface area contributed by atoms with Crippen LogP contribution < -0.4 is 0 Å². The molecule has 86 valence electrons. The maximum Gasteiger partial charge on any atom is 0.186 e. The average Bonchev–Trinajstić information content (AvgIpc) is 2.32. The van der Waals surface area contributed by atoms with Crippen molar-refractivity contribution in [3.63, 3.8) is 0 Å². The first-order chi connectivity index (χ1) is 8.18. The predicted molar refractivity (Wildman–Crippen MR) is 69.2 cm³/mol. The molecule has 0 N–H and O–H groups in total. The maximum absolute atomic E-state index is 12.0. The van der Waals surface area contributed by atoms with Crippen molar-refractivity contribution in [2.45, 2.75) is 6.42 Å². The normalized spacial score (nSPS) is 10.2. The molecule has 0 fully saturated rings. The molecule has 5 heteroatoms. The minimum atomic E-state index is -0.0782. The minimum absolute atomic E-state index is 0.0782. The van der Waals surface area contributed by atoms with Crippen molar-refractivity contribution in [3.8, 4) is 0 Å². The van der Waals surface area contributed by atoms with E-state index in [4.69, 9.17) is 11.6 Å². The molecule has 0 bridgehead atoms. The van der Waals surface area contributed by atoms with Crippen molar-refractivity contribution in [2.75, 3.05) is 0 Å². The molecular formula is C12H8BrClN2O. The van der Waals surface area contributed by atoms with E-state index in [0.717, 1.165) is 5.56 Å². The number of hydrogen-bond acceptors (Lipinski definition) is 3. The zero-order valence-electron chi connectivity index (χ0n) is 8.73. The zero-order chi connectivity index (χ0) is 12.3. The molecule has 0 spiro atoms. The van der Waals surface area contributed by atoms with E-state index < -0.39 is 0 Å². The second kappa shape index (κ2) is 5.38. The van der Waals surface area contributed by atoms with Crippen LogP contribution >= 0.6 is 27.5 Å². The molecule has 0 radical (unpaired) electrons. The highest BCUT2D eigenvalue weighted by Crippen LogP contribution is 2.19. The molecule has 0 aromatic carbocycles. The largest absolute Gasteiger partial charge is 0.292 e. The van der Waals surface area contributed by atoms with Crippen LogP contribution in [-0.4, -0.2) is 15.8 Å². The number of ketones is 1. The molecule has 2 aromatic heterocycles. The summed E-state index contributed by atoms with van der Waals surface area (Å²) in [4.78, 5) is 19.9. The Balaban J connectivity index is 2.24. The van der Waals surface area contributed by atoms with Crippen LogP contribution in [0, 0.1) is 0 Å². The maximum atomic E-state index is 12.0. The van der Waals surface area contributed by atoms with Crippen LogP contribution in [-0.2, 0) is 6.42 Å². The van der Waals surface area contributed by atoms with Crippen LogP contribution in [0.25, 0.3) is 0 Å². The number of halogens is 2. The summed E-state index contributed by atoms with van der Waals surface area (Å²) < 4.78 is 0.690. The lowest BCUT2D eigenvalue weighted by atomic mass is 10.1. The van der Waals surface area contributed by atoms with E-state index in [2.05, 4.69) is 25.9 Å². The van der Waals surface area contributed by atoms with Gasteiger partial charge in [0.25, 0.3) is 0 Å². The van der Waals surface area contributed by atoms with Gasteiger partial charge in [0, 0.05) is 29.5 Å². The Morgan fingerprint density at radius 1 is 1.35 bits per heavy atom. The van der Waals surface area contributed by atoms with Gasteiger partial charge in [-0.3, -0.25) is 14.8 Å². The summed E-state index contributed by atoms with van der Waals surface area (Å²) in [7, 11) is 0. The number of pyridine rings is 2. The molecule has 2 aromatic rings. The van der Waals surface area contributed by atoms with Gasteiger partial charge in [-0.25, -0.2) is 0 Å². The number of rotatable bonds is 3. The SMILES string of the molecule is O=C(Cc1ccncc1Cl)c1ncccc1Br. The van der Waals surface area contributed by atoms with E-state index in [-0.39, 0.29) is 12.2 Å². The van der Waals surface area contributed by atoms with Gasteiger partial charge in [0.15, 0.2) is 5.78 Å². The Hall–Kier alpha value is -1.26. The summed E-state index contributed by atoms with van der Waals surface area (Å²) in [6.45, 7) is 0. The van der Waals surface area contributed by atoms with Crippen LogP contribution in [0.2, 0.25) is 5.02 Å². The first-order valence-electron chi connectivity index (χ1n) is 4.90. The van der Waals surface area contributed by atoms with Gasteiger partial charge in [0.1, 0.15) is 5.69 Å². The fourth-order valence-electron chi connectivity index (χ4n) is 1.39. The third-order valence-electron chi connectivity index (χ3n) is 2.23. The Morgan fingerprint density at radius 3 is 2.88 bits per heavy atom. The lowest BCUT2D eigenvalue weighted by Gasteiger charge is -2.04. The van der Waals surface area contributed by atoms with Crippen LogP contribution in [0.15, 0.2) is 41.3 Å². The van der Waals surface area contributed by atoms with Gasteiger partial charge in [0.2, 0.25) is 0 Å². The van der Waals surface area contributed by atoms with Gasteiger partial charge in [-0.05, 0) is 39.7 Å². The van der Waals surface area contributed by atoms with Crippen molar-refractivity contribution < 1.29 is 4.79 Å². The molecule has 0 aliphatic carbocycles. The summed E-state index contributed by atoms with van der Waals surface area (Å²) in [5.74, 6) is -0.0782. The Bertz CT molecular complexity index is 560. The minimum Gasteiger partial charge on any atom is -0.292 e. The molecule has 0 saturated carbocycles.